The normalized spacial score (nSPS) is 19.1. The number of piperazine rings is 1. The van der Waals surface area contributed by atoms with Crippen LogP contribution in [0.1, 0.15) is 80.0 Å². The van der Waals surface area contributed by atoms with E-state index in [9.17, 15) is 9.90 Å². The number of allylic oxidation sites excluding steroid dienone is 2. The molecule has 0 unspecified atom stereocenters. The lowest BCUT2D eigenvalue weighted by Crippen LogP contribution is -2.53. The maximum absolute atomic E-state index is 13.0. The predicted molar refractivity (Wildman–Crippen MR) is 142 cm³/mol. The summed E-state index contributed by atoms with van der Waals surface area (Å²) in [5.41, 5.74) is 5.18. The number of Topliss-reactive ketones (excluding diaryl/α,β-unsaturated/α-hetero) is 1. The monoisotopic (exact) mass is 489 g/mol. The van der Waals surface area contributed by atoms with Gasteiger partial charge in [-0.2, -0.15) is 5.26 Å². The van der Waals surface area contributed by atoms with Gasteiger partial charge in [-0.25, -0.2) is 4.98 Å². The number of rotatable bonds is 8. The Morgan fingerprint density at radius 2 is 2.00 bits per heavy atom. The molecule has 2 N–H and O–H groups in total. The molecule has 0 saturated carbocycles. The Bertz CT molecular complexity index is 1160. The minimum atomic E-state index is -0.153. The number of hydrogen-bond donors (Lipinski definition) is 2. The van der Waals surface area contributed by atoms with E-state index < -0.39 is 0 Å². The van der Waals surface area contributed by atoms with Gasteiger partial charge in [0.15, 0.2) is 5.82 Å². The first-order chi connectivity index (χ1) is 17.1. The number of aromatic amines is 1. The smallest absolute Gasteiger partial charge is 0.202 e. The maximum Gasteiger partial charge on any atom is 0.202 e. The van der Waals surface area contributed by atoms with E-state index in [2.05, 4.69) is 71.7 Å². The number of carbonyl (C=O) groups excluding carboxylic acids is 1. The van der Waals surface area contributed by atoms with E-state index >= 15 is 0 Å². The number of imidazole rings is 1. The van der Waals surface area contributed by atoms with E-state index in [0.717, 1.165) is 63.1 Å². The van der Waals surface area contributed by atoms with E-state index in [0.29, 0.717) is 11.1 Å². The van der Waals surface area contributed by atoms with Crippen LogP contribution in [0.4, 0.5) is 0 Å². The van der Waals surface area contributed by atoms with Crippen LogP contribution < -0.4 is 0 Å². The zero-order valence-corrected chi connectivity index (χ0v) is 22.1. The fourth-order valence-corrected chi connectivity index (χ4v) is 5.36. The Morgan fingerprint density at radius 1 is 1.25 bits per heavy atom. The van der Waals surface area contributed by atoms with Gasteiger partial charge < -0.3 is 10.1 Å². The fraction of sp³-hybridized carbons (Fsp3) is 0.552. The summed E-state index contributed by atoms with van der Waals surface area (Å²) in [5, 5.41) is 18.4. The van der Waals surface area contributed by atoms with Gasteiger partial charge in [0.2, 0.25) is 5.78 Å². The van der Waals surface area contributed by atoms with E-state index in [-0.39, 0.29) is 30.2 Å². The summed E-state index contributed by atoms with van der Waals surface area (Å²) in [7, 11) is 0. The fourth-order valence-electron chi connectivity index (χ4n) is 5.36. The van der Waals surface area contributed by atoms with Crippen LogP contribution >= 0.6 is 0 Å². The highest BCUT2D eigenvalue weighted by Crippen LogP contribution is 2.40. The molecule has 1 aromatic carbocycles. The summed E-state index contributed by atoms with van der Waals surface area (Å²) in [6.45, 7) is 13.9. The molecule has 192 valence electrons. The Labute approximate surface area is 214 Å². The van der Waals surface area contributed by atoms with Gasteiger partial charge in [0, 0.05) is 44.7 Å². The molecule has 1 aromatic heterocycles. The Hall–Kier alpha value is -2.79. The molecular weight excluding hydrogens is 450 g/mol. The van der Waals surface area contributed by atoms with Crippen molar-refractivity contribution in [2.45, 2.75) is 58.9 Å². The zero-order valence-electron chi connectivity index (χ0n) is 22.1. The van der Waals surface area contributed by atoms with Crippen LogP contribution in [0.2, 0.25) is 0 Å². The number of nitrogens with zero attached hydrogens (tertiary/aromatic N) is 4. The van der Waals surface area contributed by atoms with Crippen LogP contribution in [0.25, 0.3) is 5.57 Å². The predicted octanol–water partition coefficient (Wildman–Crippen LogP) is 4.15. The number of carbonyl (C=O) groups is 1. The SMILES string of the molecule is CC1(C)CC=C(c2cc(C(C)(C)N3CCN(CCO)CC3)ccc2CC(=O)c2ncc(C#N)[nH]2)CC1. The number of nitrogens with one attached hydrogen (secondary N) is 1. The molecule has 0 atom stereocenters. The van der Waals surface area contributed by atoms with Crippen LogP contribution in [-0.2, 0) is 12.0 Å². The molecule has 0 amide bonds. The summed E-state index contributed by atoms with van der Waals surface area (Å²) >= 11 is 0. The lowest BCUT2D eigenvalue weighted by atomic mass is 9.75. The Morgan fingerprint density at radius 3 is 2.61 bits per heavy atom. The lowest BCUT2D eigenvalue weighted by molar-refractivity contribution is 0.0439. The average Bonchev–Trinajstić information content (AvgIpc) is 3.35. The molecule has 1 aliphatic heterocycles. The molecule has 2 aliphatic rings. The molecule has 36 heavy (non-hydrogen) atoms. The van der Waals surface area contributed by atoms with E-state index in [1.807, 2.05) is 6.07 Å². The van der Waals surface area contributed by atoms with Crippen molar-refractivity contribution in [2.24, 2.45) is 5.41 Å². The number of benzene rings is 1. The van der Waals surface area contributed by atoms with Crippen molar-refractivity contribution in [1.29, 1.82) is 5.26 Å². The van der Waals surface area contributed by atoms with Crippen LogP contribution in [-0.4, -0.2) is 70.0 Å². The van der Waals surface area contributed by atoms with Gasteiger partial charge >= 0.3 is 0 Å². The summed E-state index contributed by atoms with van der Waals surface area (Å²) in [4.78, 5) is 24.8. The molecule has 7 nitrogen and oxygen atoms in total. The molecule has 0 bridgehead atoms. The topological polar surface area (TPSA) is 96.2 Å². The number of β-amino-alcohol motifs (C(OH)–C–C–N with tert-alkyl or cyclic N) is 1. The summed E-state index contributed by atoms with van der Waals surface area (Å²) in [5.74, 6) is 0.128. The first-order valence-corrected chi connectivity index (χ1v) is 13.0. The quantitative estimate of drug-likeness (QED) is 0.541. The molecule has 4 rings (SSSR count). The highest BCUT2D eigenvalue weighted by Gasteiger charge is 2.32. The minimum absolute atomic E-state index is 0.110. The number of H-pyrrole nitrogens is 1. The Balaban J connectivity index is 1.63. The molecule has 0 spiro atoms. The highest BCUT2D eigenvalue weighted by molar-refractivity contribution is 5.95. The summed E-state index contributed by atoms with van der Waals surface area (Å²) in [6.07, 6.45) is 7.16. The second kappa shape index (κ2) is 10.7. The molecule has 1 fully saturated rings. The number of aromatic nitrogens is 2. The molecule has 2 heterocycles. The van der Waals surface area contributed by atoms with Crippen molar-refractivity contribution in [2.75, 3.05) is 39.3 Å². The van der Waals surface area contributed by atoms with Crippen LogP contribution in [0.3, 0.4) is 0 Å². The van der Waals surface area contributed by atoms with Crippen LogP contribution in [0, 0.1) is 16.7 Å². The van der Waals surface area contributed by atoms with Gasteiger partial charge in [-0.05, 0) is 66.9 Å². The first kappa shape index (κ1) is 26.3. The van der Waals surface area contributed by atoms with Gasteiger partial charge in [-0.15, -0.1) is 0 Å². The molecule has 0 radical (unpaired) electrons. The maximum atomic E-state index is 13.0. The van der Waals surface area contributed by atoms with Crippen LogP contribution in [0.5, 0.6) is 0 Å². The lowest BCUT2D eigenvalue weighted by Gasteiger charge is -2.44. The van der Waals surface area contributed by atoms with E-state index in [1.54, 1.807) is 0 Å². The van der Waals surface area contributed by atoms with Crippen molar-refractivity contribution < 1.29 is 9.90 Å². The van der Waals surface area contributed by atoms with Gasteiger partial charge in [-0.1, -0.05) is 32.1 Å². The van der Waals surface area contributed by atoms with Gasteiger partial charge in [0.05, 0.1) is 12.8 Å². The third-order valence-corrected chi connectivity index (χ3v) is 8.02. The van der Waals surface area contributed by atoms with Crippen molar-refractivity contribution >= 4 is 11.4 Å². The molecular formula is C29H39N5O2. The number of aliphatic hydroxyl groups excluding tert-OH is 1. The number of ketones is 1. The molecule has 1 saturated heterocycles. The van der Waals surface area contributed by atoms with Crippen molar-refractivity contribution in [3.63, 3.8) is 0 Å². The first-order valence-electron chi connectivity index (χ1n) is 13.0. The molecule has 7 heteroatoms. The third kappa shape index (κ3) is 5.78. The van der Waals surface area contributed by atoms with Crippen molar-refractivity contribution in [1.82, 2.24) is 19.8 Å². The Kier molecular flexibility index (Phi) is 7.79. The molecule has 2 aromatic rings. The average molecular weight is 490 g/mol. The van der Waals surface area contributed by atoms with Gasteiger partial charge in [0.25, 0.3) is 0 Å². The summed E-state index contributed by atoms with van der Waals surface area (Å²) in [6, 6.07) is 8.58. The summed E-state index contributed by atoms with van der Waals surface area (Å²) < 4.78 is 0. The van der Waals surface area contributed by atoms with Crippen molar-refractivity contribution in [3.05, 3.63) is 58.7 Å². The third-order valence-electron chi connectivity index (χ3n) is 8.02. The second-order valence-electron chi connectivity index (χ2n) is 11.4. The zero-order chi connectivity index (χ0) is 25.9. The minimum Gasteiger partial charge on any atom is -0.395 e. The highest BCUT2D eigenvalue weighted by atomic mass is 16.3. The van der Waals surface area contributed by atoms with Gasteiger partial charge in [0.1, 0.15) is 11.8 Å². The second-order valence-corrected chi connectivity index (χ2v) is 11.4. The number of nitriles is 1. The standard InChI is InChI=1S/C29H39N5O2/c1-28(2)9-7-21(8-10-28)25-18-23(29(3,4)34-13-11-33(12-14-34)15-16-35)6-5-22(25)17-26(36)27-31-20-24(19-30)32-27/h5-7,18,20,35H,8-17H2,1-4H3,(H,31,32). The van der Waals surface area contributed by atoms with Crippen LogP contribution in [0.15, 0.2) is 30.5 Å². The number of aliphatic hydroxyl groups is 1. The van der Waals surface area contributed by atoms with E-state index in [4.69, 9.17) is 5.26 Å². The van der Waals surface area contributed by atoms with Crippen molar-refractivity contribution in [3.8, 4) is 6.07 Å². The van der Waals surface area contributed by atoms with E-state index in [1.165, 1.54) is 17.3 Å². The number of hydrogen-bond acceptors (Lipinski definition) is 6. The van der Waals surface area contributed by atoms with Gasteiger partial charge in [-0.3, -0.25) is 14.6 Å². The molecule has 1 aliphatic carbocycles. The largest absolute Gasteiger partial charge is 0.395 e.